The Hall–Kier alpha value is -1.95. The van der Waals surface area contributed by atoms with Gasteiger partial charge in [0, 0.05) is 6.20 Å². The Morgan fingerprint density at radius 3 is 3.20 bits per heavy atom. The maximum absolute atomic E-state index is 5.37. The fourth-order valence-corrected chi connectivity index (χ4v) is 2.45. The normalized spacial score (nSPS) is 19.6. The lowest BCUT2D eigenvalue weighted by Crippen LogP contribution is -2.21. The first-order chi connectivity index (χ1) is 9.88. The van der Waals surface area contributed by atoms with Crippen LogP contribution in [-0.2, 0) is 0 Å². The van der Waals surface area contributed by atoms with Gasteiger partial charge < -0.3 is 14.6 Å². The number of rotatable bonds is 3. The van der Waals surface area contributed by atoms with E-state index in [2.05, 4.69) is 20.4 Å². The van der Waals surface area contributed by atoms with Gasteiger partial charge in [-0.25, -0.2) is 4.98 Å². The van der Waals surface area contributed by atoms with Crippen molar-refractivity contribution in [2.75, 3.05) is 13.7 Å². The predicted molar refractivity (Wildman–Crippen MR) is 73.3 cm³/mol. The summed E-state index contributed by atoms with van der Waals surface area (Å²) in [6.07, 6.45) is 6.37. The van der Waals surface area contributed by atoms with Gasteiger partial charge in [-0.2, -0.15) is 4.98 Å². The van der Waals surface area contributed by atoms with Crippen molar-refractivity contribution < 1.29 is 9.26 Å². The summed E-state index contributed by atoms with van der Waals surface area (Å²) in [7, 11) is 1.58. The zero-order valence-electron chi connectivity index (χ0n) is 11.5. The Labute approximate surface area is 117 Å². The lowest BCUT2D eigenvalue weighted by atomic mass is 10.1. The SMILES string of the molecule is COc1ncccc1-c1nc(C2CCCCCN2)no1. The zero-order chi connectivity index (χ0) is 13.8. The Bertz CT molecular complexity index is 562. The molecule has 6 nitrogen and oxygen atoms in total. The van der Waals surface area contributed by atoms with Gasteiger partial charge in [0.2, 0.25) is 5.88 Å². The summed E-state index contributed by atoms with van der Waals surface area (Å²) in [6, 6.07) is 3.87. The molecule has 0 amide bonds. The van der Waals surface area contributed by atoms with E-state index in [1.54, 1.807) is 13.3 Å². The molecule has 1 aliphatic heterocycles. The first-order valence-corrected chi connectivity index (χ1v) is 6.95. The van der Waals surface area contributed by atoms with Crippen molar-refractivity contribution in [2.45, 2.75) is 31.7 Å². The van der Waals surface area contributed by atoms with E-state index >= 15 is 0 Å². The molecule has 0 bridgehead atoms. The van der Waals surface area contributed by atoms with E-state index in [1.165, 1.54) is 19.3 Å². The quantitative estimate of drug-likeness (QED) is 0.926. The molecule has 0 aliphatic carbocycles. The lowest BCUT2D eigenvalue weighted by Gasteiger charge is -2.09. The number of nitrogens with zero attached hydrogens (tertiary/aromatic N) is 3. The summed E-state index contributed by atoms with van der Waals surface area (Å²) in [4.78, 5) is 8.64. The summed E-state index contributed by atoms with van der Waals surface area (Å²) in [6.45, 7) is 1.00. The van der Waals surface area contributed by atoms with Crippen molar-refractivity contribution in [1.82, 2.24) is 20.4 Å². The summed E-state index contributed by atoms with van der Waals surface area (Å²) >= 11 is 0. The Balaban J connectivity index is 1.85. The van der Waals surface area contributed by atoms with Gasteiger partial charge in [0.25, 0.3) is 5.89 Å². The fourth-order valence-electron chi connectivity index (χ4n) is 2.45. The minimum Gasteiger partial charge on any atom is -0.480 e. The van der Waals surface area contributed by atoms with E-state index in [4.69, 9.17) is 9.26 Å². The number of pyridine rings is 1. The average Bonchev–Trinajstić information content (AvgIpc) is 2.82. The van der Waals surface area contributed by atoms with Crippen molar-refractivity contribution in [3.8, 4) is 17.3 Å². The largest absolute Gasteiger partial charge is 0.480 e. The number of hydrogen-bond acceptors (Lipinski definition) is 6. The van der Waals surface area contributed by atoms with Gasteiger partial charge in [-0.15, -0.1) is 0 Å². The van der Waals surface area contributed by atoms with Crippen LogP contribution in [0.5, 0.6) is 5.88 Å². The molecule has 3 heterocycles. The Morgan fingerprint density at radius 1 is 1.35 bits per heavy atom. The van der Waals surface area contributed by atoms with Crippen LogP contribution in [0.1, 0.15) is 37.5 Å². The van der Waals surface area contributed by atoms with Gasteiger partial charge in [-0.1, -0.05) is 18.0 Å². The minimum atomic E-state index is 0.178. The van der Waals surface area contributed by atoms with Crippen LogP contribution >= 0.6 is 0 Å². The first kappa shape index (κ1) is 13.1. The lowest BCUT2D eigenvalue weighted by molar-refractivity contribution is 0.386. The number of aromatic nitrogens is 3. The molecule has 1 N–H and O–H groups in total. The van der Waals surface area contributed by atoms with Crippen molar-refractivity contribution in [2.24, 2.45) is 0 Å². The average molecular weight is 274 g/mol. The van der Waals surface area contributed by atoms with Gasteiger partial charge in [-0.05, 0) is 31.5 Å². The fraction of sp³-hybridized carbons (Fsp3) is 0.500. The standard InChI is InChI=1S/C14H18N4O2/c1-19-13-10(6-5-9-16-13)14-17-12(18-20-14)11-7-3-2-4-8-15-11/h5-6,9,11,15H,2-4,7-8H2,1H3. The molecule has 0 spiro atoms. The predicted octanol–water partition coefficient (Wildman–Crippen LogP) is 2.34. The van der Waals surface area contributed by atoms with Crippen molar-refractivity contribution in [3.05, 3.63) is 24.2 Å². The van der Waals surface area contributed by atoms with E-state index in [0.29, 0.717) is 17.6 Å². The molecule has 1 unspecified atom stereocenters. The van der Waals surface area contributed by atoms with Gasteiger partial charge >= 0.3 is 0 Å². The van der Waals surface area contributed by atoms with E-state index in [9.17, 15) is 0 Å². The second-order valence-corrected chi connectivity index (χ2v) is 4.87. The summed E-state index contributed by atoms with van der Waals surface area (Å²) in [5.41, 5.74) is 0.724. The molecule has 0 saturated carbocycles. The highest BCUT2D eigenvalue weighted by molar-refractivity contribution is 5.59. The molecule has 2 aromatic heterocycles. The van der Waals surface area contributed by atoms with Crippen molar-refractivity contribution in [1.29, 1.82) is 0 Å². The molecule has 106 valence electrons. The summed E-state index contributed by atoms with van der Waals surface area (Å²) in [5, 5.41) is 7.56. The van der Waals surface area contributed by atoms with Crippen LogP contribution in [0.2, 0.25) is 0 Å². The van der Waals surface area contributed by atoms with Crippen LogP contribution in [0.25, 0.3) is 11.5 Å². The Morgan fingerprint density at radius 2 is 2.30 bits per heavy atom. The van der Waals surface area contributed by atoms with Gasteiger partial charge in [0.15, 0.2) is 5.82 Å². The number of nitrogens with one attached hydrogen (secondary N) is 1. The number of hydrogen-bond donors (Lipinski definition) is 1. The molecule has 3 rings (SSSR count). The third-order valence-electron chi connectivity index (χ3n) is 3.51. The highest BCUT2D eigenvalue weighted by atomic mass is 16.5. The smallest absolute Gasteiger partial charge is 0.263 e. The second-order valence-electron chi connectivity index (χ2n) is 4.87. The van der Waals surface area contributed by atoms with Gasteiger partial charge in [0.1, 0.15) is 5.56 Å². The minimum absolute atomic E-state index is 0.178. The monoisotopic (exact) mass is 274 g/mol. The maximum Gasteiger partial charge on any atom is 0.263 e. The van der Waals surface area contributed by atoms with Crippen LogP contribution in [0, 0.1) is 0 Å². The molecule has 1 fully saturated rings. The summed E-state index contributed by atoms with van der Waals surface area (Å²) < 4.78 is 10.6. The third-order valence-corrected chi connectivity index (χ3v) is 3.51. The van der Waals surface area contributed by atoms with Crippen LogP contribution in [0.3, 0.4) is 0 Å². The molecule has 1 aliphatic rings. The van der Waals surface area contributed by atoms with E-state index < -0.39 is 0 Å². The highest BCUT2D eigenvalue weighted by Crippen LogP contribution is 2.28. The topological polar surface area (TPSA) is 73.1 Å². The molecule has 20 heavy (non-hydrogen) atoms. The Kier molecular flexibility index (Phi) is 3.92. The number of methoxy groups -OCH3 is 1. The van der Waals surface area contributed by atoms with Crippen LogP contribution in [0.15, 0.2) is 22.9 Å². The van der Waals surface area contributed by atoms with E-state index in [-0.39, 0.29) is 6.04 Å². The number of ether oxygens (including phenoxy) is 1. The molecule has 1 atom stereocenters. The highest BCUT2D eigenvalue weighted by Gasteiger charge is 2.21. The van der Waals surface area contributed by atoms with Gasteiger partial charge in [-0.3, -0.25) is 0 Å². The zero-order valence-corrected chi connectivity index (χ0v) is 11.5. The molecule has 0 radical (unpaired) electrons. The first-order valence-electron chi connectivity index (χ1n) is 6.95. The van der Waals surface area contributed by atoms with Crippen molar-refractivity contribution >= 4 is 0 Å². The van der Waals surface area contributed by atoms with E-state index in [1.807, 2.05) is 12.1 Å². The molecular formula is C14H18N4O2. The molecule has 1 saturated heterocycles. The van der Waals surface area contributed by atoms with Crippen LogP contribution < -0.4 is 10.1 Å². The molecule has 0 aromatic carbocycles. The molecule has 6 heteroatoms. The maximum atomic E-state index is 5.37. The van der Waals surface area contributed by atoms with Crippen LogP contribution in [0.4, 0.5) is 0 Å². The second kappa shape index (κ2) is 6.00. The summed E-state index contributed by atoms with van der Waals surface area (Å²) in [5.74, 6) is 1.67. The molecule has 2 aromatic rings. The van der Waals surface area contributed by atoms with E-state index in [0.717, 1.165) is 18.5 Å². The van der Waals surface area contributed by atoms with Crippen LogP contribution in [-0.4, -0.2) is 28.8 Å². The van der Waals surface area contributed by atoms with Crippen molar-refractivity contribution in [3.63, 3.8) is 0 Å². The third kappa shape index (κ3) is 2.65. The van der Waals surface area contributed by atoms with Gasteiger partial charge in [0.05, 0.1) is 13.2 Å². The molecular weight excluding hydrogens is 256 g/mol.